The third kappa shape index (κ3) is 2.43. The minimum Gasteiger partial charge on any atom is -0.492 e. The summed E-state index contributed by atoms with van der Waals surface area (Å²) in [7, 11) is 0. The number of aromatic nitrogens is 1. The molecule has 0 unspecified atom stereocenters. The Bertz CT molecular complexity index is 511. The lowest BCUT2D eigenvalue weighted by Crippen LogP contribution is -1.96. The molecule has 0 radical (unpaired) electrons. The van der Waals surface area contributed by atoms with E-state index in [9.17, 15) is 0 Å². The van der Waals surface area contributed by atoms with Crippen molar-refractivity contribution in [2.75, 3.05) is 6.61 Å². The predicted octanol–water partition coefficient (Wildman–Crippen LogP) is 2.85. The molecule has 2 aromatic rings. The number of rotatable bonds is 4. The lowest BCUT2D eigenvalue weighted by molar-refractivity contribution is 0.340. The summed E-state index contributed by atoms with van der Waals surface area (Å²) in [5, 5.41) is 4.27. The molecule has 0 fully saturated rings. The molecule has 0 bridgehead atoms. The summed E-state index contributed by atoms with van der Waals surface area (Å²) in [5.74, 6) is 1.31. The molecule has 0 aliphatic rings. The van der Waals surface area contributed by atoms with Crippen LogP contribution in [0, 0.1) is 0 Å². The van der Waals surface area contributed by atoms with Crippen molar-refractivity contribution in [3.8, 4) is 17.1 Å². The van der Waals surface area contributed by atoms with Gasteiger partial charge in [-0.05, 0) is 25.1 Å². The molecular formula is C12H13ClN2O2. The van der Waals surface area contributed by atoms with E-state index in [1.165, 1.54) is 0 Å². The molecule has 1 heterocycles. The largest absolute Gasteiger partial charge is 0.492 e. The van der Waals surface area contributed by atoms with Crippen LogP contribution in [0.5, 0.6) is 5.75 Å². The van der Waals surface area contributed by atoms with Crippen molar-refractivity contribution in [2.24, 2.45) is 5.73 Å². The fraction of sp³-hybridized carbons (Fsp3) is 0.250. The van der Waals surface area contributed by atoms with Gasteiger partial charge in [0, 0.05) is 17.7 Å². The molecule has 17 heavy (non-hydrogen) atoms. The maximum atomic E-state index is 6.10. The average Bonchev–Trinajstić information content (AvgIpc) is 2.80. The zero-order chi connectivity index (χ0) is 12.3. The van der Waals surface area contributed by atoms with Crippen LogP contribution in [0.2, 0.25) is 5.02 Å². The predicted molar refractivity (Wildman–Crippen MR) is 66.0 cm³/mol. The number of benzene rings is 1. The van der Waals surface area contributed by atoms with Crippen molar-refractivity contribution >= 4 is 11.6 Å². The number of halogens is 1. The quantitative estimate of drug-likeness (QED) is 0.909. The van der Waals surface area contributed by atoms with Crippen molar-refractivity contribution in [2.45, 2.75) is 13.5 Å². The number of hydrogen-bond donors (Lipinski definition) is 1. The van der Waals surface area contributed by atoms with Gasteiger partial charge < -0.3 is 15.0 Å². The molecule has 90 valence electrons. The van der Waals surface area contributed by atoms with Gasteiger partial charge in [-0.25, -0.2) is 0 Å². The Balaban J connectivity index is 2.37. The summed E-state index contributed by atoms with van der Waals surface area (Å²) in [6.07, 6.45) is 1.61. The van der Waals surface area contributed by atoms with Crippen molar-refractivity contribution in [1.29, 1.82) is 0 Å². The van der Waals surface area contributed by atoms with Crippen LogP contribution in [0.25, 0.3) is 11.3 Å². The highest BCUT2D eigenvalue weighted by Crippen LogP contribution is 2.31. The van der Waals surface area contributed by atoms with Crippen molar-refractivity contribution in [3.63, 3.8) is 0 Å². The van der Waals surface area contributed by atoms with E-state index >= 15 is 0 Å². The first-order valence-electron chi connectivity index (χ1n) is 5.32. The summed E-state index contributed by atoms with van der Waals surface area (Å²) in [5.41, 5.74) is 7.29. The number of nitrogens with two attached hydrogens (primary N) is 1. The minimum atomic E-state index is 0.379. The van der Waals surface area contributed by atoms with Gasteiger partial charge in [0.25, 0.3) is 0 Å². The molecule has 4 nitrogen and oxygen atoms in total. The number of ether oxygens (including phenoxy) is 1. The van der Waals surface area contributed by atoms with Crippen LogP contribution in [-0.2, 0) is 6.54 Å². The van der Waals surface area contributed by atoms with Crippen LogP contribution in [-0.4, -0.2) is 11.8 Å². The molecular weight excluding hydrogens is 240 g/mol. The van der Waals surface area contributed by atoms with E-state index in [0.29, 0.717) is 29.7 Å². The topological polar surface area (TPSA) is 61.3 Å². The molecule has 0 spiro atoms. The van der Waals surface area contributed by atoms with Crippen LogP contribution in [0.15, 0.2) is 28.9 Å². The van der Waals surface area contributed by atoms with Crippen LogP contribution in [0.4, 0.5) is 0 Å². The lowest BCUT2D eigenvalue weighted by atomic mass is 10.1. The maximum Gasteiger partial charge on any atom is 0.171 e. The minimum absolute atomic E-state index is 0.379. The highest BCUT2D eigenvalue weighted by molar-refractivity contribution is 6.32. The first kappa shape index (κ1) is 12.0. The fourth-order valence-corrected chi connectivity index (χ4v) is 1.79. The first-order chi connectivity index (χ1) is 8.26. The van der Waals surface area contributed by atoms with Crippen LogP contribution in [0.1, 0.15) is 12.5 Å². The molecule has 0 saturated carbocycles. The van der Waals surface area contributed by atoms with Crippen LogP contribution < -0.4 is 10.5 Å². The van der Waals surface area contributed by atoms with Gasteiger partial charge in [0.2, 0.25) is 0 Å². The zero-order valence-corrected chi connectivity index (χ0v) is 10.2. The van der Waals surface area contributed by atoms with Crippen molar-refractivity contribution in [3.05, 3.63) is 35.0 Å². The fourth-order valence-electron chi connectivity index (χ4n) is 1.56. The monoisotopic (exact) mass is 252 g/mol. The number of nitrogens with zero attached hydrogens (tertiary/aromatic N) is 1. The van der Waals surface area contributed by atoms with E-state index in [-0.39, 0.29) is 0 Å². The Labute approximate surface area is 104 Å². The van der Waals surface area contributed by atoms with Crippen LogP contribution >= 0.6 is 11.6 Å². The standard InChI is InChI=1S/C12H13ClN2O2/c1-2-16-11-4-3-8(5-10(11)13)12-9(6-14)7-15-17-12/h3-5,7H,2,6,14H2,1H3. The third-order valence-electron chi connectivity index (χ3n) is 2.36. The zero-order valence-electron chi connectivity index (χ0n) is 9.44. The second-order valence-corrected chi connectivity index (χ2v) is 3.87. The van der Waals surface area contributed by atoms with Gasteiger partial charge >= 0.3 is 0 Å². The highest BCUT2D eigenvalue weighted by atomic mass is 35.5. The van der Waals surface area contributed by atoms with E-state index in [1.807, 2.05) is 19.1 Å². The molecule has 0 aliphatic carbocycles. The third-order valence-corrected chi connectivity index (χ3v) is 2.65. The Kier molecular flexibility index (Phi) is 3.66. The summed E-state index contributed by atoms with van der Waals surface area (Å²) in [6, 6.07) is 5.47. The van der Waals surface area contributed by atoms with Gasteiger partial charge in [-0.1, -0.05) is 16.8 Å². The van der Waals surface area contributed by atoms with E-state index in [1.54, 1.807) is 12.3 Å². The molecule has 1 aromatic carbocycles. The molecule has 2 N–H and O–H groups in total. The van der Waals surface area contributed by atoms with Gasteiger partial charge in [-0.15, -0.1) is 0 Å². The van der Waals surface area contributed by atoms with E-state index in [4.69, 9.17) is 26.6 Å². The SMILES string of the molecule is CCOc1ccc(-c2oncc2CN)cc1Cl. The Hall–Kier alpha value is -1.52. The molecule has 5 heteroatoms. The average molecular weight is 253 g/mol. The maximum absolute atomic E-state index is 6.10. The Morgan fingerprint density at radius 2 is 2.29 bits per heavy atom. The molecule has 0 amide bonds. The van der Waals surface area contributed by atoms with Crippen LogP contribution in [0.3, 0.4) is 0 Å². The molecule has 0 saturated heterocycles. The normalized spacial score (nSPS) is 10.5. The van der Waals surface area contributed by atoms with Gasteiger partial charge in [-0.3, -0.25) is 0 Å². The Morgan fingerprint density at radius 3 is 2.94 bits per heavy atom. The Morgan fingerprint density at radius 1 is 1.47 bits per heavy atom. The van der Waals surface area contributed by atoms with Gasteiger partial charge in [0.1, 0.15) is 5.75 Å². The van der Waals surface area contributed by atoms with Crippen molar-refractivity contribution in [1.82, 2.24) is 5.16 Å². The van der Waals surface area contributed by atoms with Crippen molar-refractivity contribution < 1.29 is 9.26 Å². The van der Waals surface area contributed by atoms with Gasteiger partial charge in [0.15, 0.2) is 5.76 Å². The summed E-state index contributed by atoms with van der Waals surface area (Å²) < 4.78 is 10.5. The molecule has 0 atom stereocenters. The first-order valence-corrected chi connectivity index (χ1v) is 5.70. The van der Waals surface area contributed by atoms with E-state index < -0.39 is 0 Å². The van der Waals surface area contributed by atoms with E-state index in [2.05, 4.69) is 5.16 Å². The lowest BCUT2D eigenvalue weighted by Gasteiger charge is -2.06. The van der Waals surface area contributed by atoms with Gasteiger partial charge in [0.05, 0.1) is 17.8 Å². The molecule has 1 aromatic heterocycles. The second-order valence-electron chi connectivity index (χ2n) is 3.46. The smallest absolute Gasteiger partial charge is 0.171 e. The summed E-state index contributed by atoms with van der Waals surface area (Å²) >= 11 is 6.10. The second kappa shape index (κ2) is 5.21. The van der Waals surface area contributed by atoms with Gasteiger partial charge in [-0.2, -0.15) is 0 Å². The highest BCUT2D eigenvalue weighted by Gasteiger charge is 2.11. The number of hydrogen-bond acceptors (Lipinski definition) is 4. The molecule has 2 rings (SSSR count). The van der Waals surface area contributed by atoms with E-state index in [0.717, 1.165) is 11.1 Å². The molecule has 0 aliphatic heterocycles. The summed E-state index contributed by atoms with van der Waals surface area (Å²) in [4.78, 5) is 0. The summed E-state index contributed by atoms with van der Waals surface area (Å²) in [6.45, 7) is 2.87.